The summed E-state index contributed by atoms with van der Waals surface area (Å²) < 4.78 is 13.6. The van der Waals surface area contributed by atoms with Crippen molar-refractivity contribution < 1.29 is 9.18 Å². The van der Waals surface area contributed by atoms with Gasteiger partial charge in [0.2, 0.25) is 0 Å². The maximum atomic E-state index is 13.6. The standard InChI is InChI=1S/C19H15FN4O/c20-14-6-2-3-7-15(14)21-19(25)16-9-10-18(23-22-16)24-12-11-13-5-1-4-8-17(13)24/h1-10H,11-12H2,(H,21,25). The summed E-state index contributed by atoms with van der Waals surface area (Å²) in [7, 11) is 0. The smallest absolute Gasteiger partial charge is 0.276 e. The molecule has 1 aromatic heterocycles. The molecule has 3 aromatic rings. The minimum atomic E-state index is -0.494. The highest BCUT2D eigenvalue weighted by Crippen LogP contribution is 2.32. The molecule has 1 N–H and O–H groups in total. The Labute approximate surface area is 144 Å². The Kier molecular flexibility index (Phi) is 3.85. The quantitative estimate of drug-likeness (QED) is 0.796. The van der Waals surface area contributed by atoms with Crippen molar-refractivity contribution in [2.75, 3.05) is 16.8 Å². The number of para-hydroxylation sites is 2. The van der Waals surface area contributed by atoms with Crippen molar-refractivity contribution in [2.45, 2.75) is 6.42 Å². The van der Waals surface area contributed by atoms with Gasteiger partial charge in [-0.25, -0.2) is 4.39 Å². The van der Waals surface area contributed by atoms with E-state index in [1.54, 1.807) is 24.3 Å². The average molecular weight is 334 g/mol. The Balaban J connectivity index is 1.53. The number of hydrogen-bond acceptors (Lipinski definition) is 4. The molecule has 0 saturated carbocycles. The highest BCUT2D eigenvalue weighted by atomic mass is 19.1. The van der Waals surface area contributed by atoms with Crippen LogP contribution in [0, 0.1) is 5.82 Å². The molecule has 0 bridgehead atoms. The molecular weight excluding hydrogens is 319 g/mol. The molecule has 124 valence electrons. The summed E-state index contributed by atoms with van der Waals surface area (Å²) in [5.41, 5.74) is 2.64. The van der Waals surface area contributed by atoms with E-state index >= 15 is 0 Å². The van der Waals surface area contributed by atoms with Crippen LogP contribution in [0.2, 0.25) is 0 Å². The lowest BCUT2D eigenvalue weighted by Crippen LogP contribution is -2.18. The molecule has 5 nitrogen and oxygen atoms in total. The van der Waals surface area contributed by atoms with Gasteiger partial charge in [-0.05, 0) is 42.3 Å². The Morgan fingerprint density at radius 3 is 2.60 bits per heavy atom. The molecule has 1 aliphatic heterocycles. The number of nitrogens with one attached hydrogen (secondary N) is 1. The molecule has 2 aromatic carbocycles. The first kappa shape index (κ1) is 15.3. The summed E-state index contributed by atoms with van der Waals surface area (Å²) in [6, 6.07) is 17.5. The van der Waals surface area contributed by atoms with Gasteiger partial charge in [0.05, 0.1) is 5.69 Å². The van der Waals surface area contributed by atoms with E-state index in [1.807, 2.05) is 18.2 Å². The second-order valence-electron chi connectivity index (χ2n) is 5.74. The van der Waals surface area contributed by atoms with E-state index in [4.69, 9.17) is 0 Å². The molecule has 2 heterocycles. The molecule has 0 saturated heterocycles. The van der Waals surface area contributed by atoms with Crippen LogP contribution in [0.3, 0.4) is 0 Å². The lowest BCUT2D eigenvalue weighted by Gasteiger charge is -2.17. The molecule has 1 amide bonds. The van der Waals surface area contributed by atoms with Crippen LogP contribution in [0.25, 0.3) is 0 Å². The second kappa shape index (κ2) is 6.32. The third-order valence-electron chi connectivity index (χ3n) is 4.17. The van der Waals surface area contributed by atoms with E-state index in [0.717, 1.165) is 18.7 Å². The molecule has 6 heteroatoms. The third kappa shape index (κ3) is 2.94. The molecule has 0 radical (unpaired) electrons. The fraction of sp³-hybridized carbons (Fsp3) is 0.105. The summed E-state index contributed by atoms with van der Waals surface area (Å²) >= 11 is 0. The fourth-order valence-electron chi connectivity index (χ4n) is 2.92. The van der Waals surface area contributed by atoms with E-state index < -0.39 is 11.7 Å². The molecule has 25 heavy (non-hydrogen) atoms. The van der Waals surface area contributed by atoms with Crippen molar-refractivity contribution >= 4 is 23.1 Å². The Morgan fingerprint density at radius 2 is 1.80 bits per heavy atom. The minimum Gasteiger partial charge on any atom is -0.324 e. The van der Waals surface area contributed by atoms with Crippen molar-refractivity contribution in [3.63, 3.8) is 0 Å². The highest BCUT2D eigenvalue weighted by molar-refractivity contribution is 6.02. The monoisotopic (exact) mass is 334 g/mol. The lowest BCUT2D eigenvalue weighted by atomic mass is 10.2. The number of nitrogens with zero attached hydrogens (tertiary/aromatic N) is 3. The van der Waals surface area contributed by atoms with Crippen LogP contribution in [-0.2, 0) is 6.42 Å². The van der Waals surface area contributed by atoms with Gasteiger partial charge in [-0.15, -0.1) is 10.2 Å². The first-order valence-electron chi connectivity index (χ1n) is 7.97. The number of hydrogen-bond donors (Lipinski definition) is 1. The molecule has 0 unspecified atom stereocenters. The lowest BCUT2D eigenvalue weighted by molar-refractivity contribution is 0.102. The number of carbonyl (C=O) groups excluding carboxylic acids is 1. The van der Waals surface area contributed by atoms with Gasteiger partial charge in [0.25, 0.3) is 5.91 Å². The fourth-order valence-corrected chi connectivity index (χ4v) is 2.92. The van der Waals surface area contributed by atoms with Crippen LogP contribution in [0.1, 0.15) is 16.1 Å². The number of fused-ring (bicyclic) bond motifs is 1. The number of anilines is 3. The number of benzene rings is 2. The van der Waals surface area contributed by atoms with Crippen molar-refractivity contribution in [3.05, 3.63) is 77.7 Å². The van der Waals surface area contributed by atoms with Gasteiger partial charge in [0, 0.05) is 12.2 Å². The maximum Gasteiger partial charge on any atom is 0.276 e. The number of rotatable bonds is 3. The van der Waals surface area contributed by atoms with Gasteiger partial charge < -0.3 is 10.2 Å². The molecule has 1 aliphatic rings. The summed E-state index contributed by atoms with van der Waals surface area (Å²) in [6.07, 6.45) is 0.952. The summed E-state index contributed by atoms with van der Waals surface area (Å²) in [4.78, 5) is 14.3. The zero-order valence-electron chi connectivity index (χ0n) is 13.3. The van der Waals surface area contributed by atoms with Crippen molar-refractivity contribution in [1.82, 2.24) is 10.2 Å². The van der Waals surface area contributed by atoms with Crippen LogP contribution in [0.5, 0.6) is 0 Å². The van der Waals surface area contributed by atoms with Gasteiger partial charge in [0.15, 0.2) is 11.5 Å². The zero-order chi connectivity index (χ0) is 17.2. The molecule has 4 rings (SSSR count). The molecule has 0 spiro atoms. The van der Waals surface area contributed by atoms with E-state index in [2.05, 4.69) is 26.5 Å². The van der Waals surface area contributed by atoms with Crippen LogP contribution in [0.15, 0.2) is 60.7 Å². The number of halogens is 1. The van der Waals surface area contributed by atoms with Gasteiger partial charge in [-0.3, -0.25) is 4.79 Å². The van der Waals surface area contributed by atoms with Crippen LogP contribution in [-0.4, -0.2) is 22.6 Å². The van der Waals surface area contributed by atoms with Crippen LogP contribution < -0.4 is 10.2 Å². The molecular formula is C19H15FN4O. The second-order valence-corrected chi connectivity index (χ2v) is 5.74. The topological polar surface area (TPSA) is 58.1 Å². The predicted octanol–water partition coefficient (Wildman–Crippen LogP) is 3.56. The molecule has 0 atom stereocenters. The van der Waals surface area contributed by atoms with Gasteiger partial charge >= 0.3 is 0 Å². The SMILES string of the molecule is O=C(Nc1ccccc1F)c1ccc(N2CCc3ccccc32)nn1. The Morgan fingerprint density at radius 1 is 1.00 bits per heavy atom. The third-order valence-corrected chi connectivity index (χ3v) is 4.17. The Hall–Kier alpha value is -3.28. The minimum absolute atomic E-state index is 0.117. The van der Waals surface area contributed by atoms with E-state index in [9.17, 15) is 9.18 Å². The first-order valence-corrected chi connectivity index (χ1v) is 7.97. The number of amides is 1. The Bertz CT molecular complexity index is 927. The van der Waals surface area contributed by atoms with Gasteiger partial charge in [-0.2, -0.15) is 0 Å². The summed E-state index contributed by atoms with van der Waals surface area (Å²) in [5.74, 6) is -0.299. The number of aromatic nitrogens is 2. The normalized spacial score (nSPS) is 12.8. The van der Waals surface area contributed by atoms with Crippen LogP contribution >= 0.6 is 0 Å². The van der Waals surface area contributed by atoms with E-state index in [0.29, 0.717) is 5.82 Å². The maximum absolute atomic E-state index is 13.6. The van der Waals surface area contributed by atoms with Crippen molar-refractivity contribution in [2.24, 2.45) is 0 Å². The number of carbonyl (C=O) groups is 1. The van der Waals surface area contributed by atoms with Gasteiger partial charge in [-0.1, -0.05) is 30.3 Å². The van der Waals surface area contributed by atoms with Crippen molar-refractivity contribution in [3.8, 4) is 0 Å². The van der Waals surface area contributed by atoms with Gasteiger partial charge in [0.1, 0.15) is 5.82 Å². The molecule has 0 aliphatic carbocycles. The molecule has 0 fully saturated rings. The zero-order valence-corrected chi connectivity index (χ0v) is 13.3. The van der Waals surface area contributed by atoms with Crippen molar-refractivity contribution in [1.29, 1.82) is 0 Å². The average Bonchev–Trinajstić information content (AvgIpc) is 3.08. The predicted molar refractivity (Wildman–Crippen MR) is 93.5 cm³/mol. The first-order chi connectivity index (χ1) is 12.2. The van der Waals surface area contributed by atoms with E-state index in [-0.39, 0.29) is 11.4 Å². The van der Waals surface area contributed by atoms with Crippen LogP contribution in [0.4, 0.5) is 21.6 Å². The highest BCUT2D eigenvalue weighted by Gasteiger charge is 2.21. The van der Waals surface area contributed by atoms with E-state index in [1.165, 1.54) is 17.7 Å². The summed E-state index contributed by atoms with van der Waals surface area (Å²) in [6.45, 7) is 0.828. The largest absolute Gasteiger partial charge is 0.324 e. The summed E-state index contributed by atoms with van der Waals surface area (Å²) in [5, 5.41) is 10.7.